The van der Waals surface area contributed by atoms with Gasteiger partial charge in [0.15, 0.2) is 11.4 Å². The van der Waals surface area contributed by atoms with E-state index in [0.717, 1.165) is 6.42 Å². The number of carbonyl (C=O) groups excluding carboxylic acids is 1. The average molecular weight is 290 g/mol. The van der Waals surface area contributed by atoms with Crippen molar-refractivity contribution in [2.24, 2.45) is 0 Å². The summed E-state index contributed by atoms with van der Waals surface area (Å²) < 4.78 is 10.4. The zero-order chi connectivity index (χ0) is 15.6. The number of phenols is 1. The summed E-state index contributed by atoms with van der Waals surface area (Å²) in [5.41, 5.74) is 0.454. The van der Waals surface area contributed by atoms with Crippen molar-refractivity contribution in [1.82, 2.24) is 0 Å². The van der Waals surface area contributed by atoms with Gasteiger partial charge in [0.05, 0.1) is 12.5 Å². The molecule has 1 N–H and O–H groups in total. The van der Waals surface area contributed by atoms with Gasteiger partial charge in [0.25, 0.3) is 0 Å². The van der Waals surface area contributed by atoms with Crippen LogP contribution in [-0.4, -0.2) is 18.0 Å². The highest BCUT2D eigenvalue weighted by molar-refractivity contribution is 6.10. The summed E-state index contributed by atoms with van der Waals surface area (Å²) in [4.78, 5) is 23.9. The van der Waals surface area contributed by atoms with Gasteiger partial charge in [-0.15, -0.1) is 0 Å². The summed E-state index contributed by atoms with van der Waals surface area (Å²) >= 11 is 0. The molecule has 0 amide bonds. The SMILES string of the molecule is CCCc1cc(=O)oc2c(C(=O)CC)c(OC)cc(O)c12. The van der Waals surface area contributed by atoms with Crippen LogP contribution in [0.15, 0.2) is 21.3 Å². The fourth-order valence-electron chi connectivity index (χ4n) is 2.45. The van der Waals surface area contributed by atoms with Gasteiger partial charge in [-0.2, -0.15) is 0 Å². The number of ketones is 1. The van der Waals surface area contributed by atoms with Crippen LogP contribution in [-0.2, 0) is 6.42 Å². The molecule has 0 fully saturated rings. The van der Waals surface area contributed by atoms with Crippen molar-refractivity contribution in [2.75, 3.05) is 7.11 Å². The maximum absolute atomic E-state index is 12.2. The molecule has 0 aliphatic rings. The first-order valence-electron chi connectivity index (χ1n) is 6.93. The molecule has 2 aromatic rings. The van der Waals surface area contributed by atoms with E-state index in [2.05, 4.69) is 0 Å². The molecule has 5 heteroatoms. The summed E-state index contributed by atoms with van der Waals surface area (Å²) in [6.07, 6.45) is 1.67. The molecule has 5 nitrogen and oxygen atoms in total. The summed E-state index contributed by atoms with van der Waals surface area (Å²) in [6, 6.07) is 2.75. The van der Waals surface area contributed by atoms with Crippen LogP contribution in [0.25, 0.3) is 11.0 Å². The largest absolute Gasteiger partial charge is 0.507 e. The van der Waals surface area contributed by atoms with E-state index >= 15 is 0 Å². The lowest BCUT2D eigenvalue weighted by atomic mass is 9.98. The van der Waals surface area contributed by atoms with Gasteiger partial charge >= 0.3 is 5.63 Å². The Bertz CT molecular complexity index is 742. The summed E-state index contributed by atoms with van der Waals surface area (Å²) in [7, 11) is 1.40. The minimum atomic E-state index is -0.538. The Hall–Kier alpha value is -2.30. The number of Topliss-reactive ketones (excluding diaryl/α,β-unsaturated/α-hetero) is 1. The molecular formula is C16H18O5. The summed E-state index contributed by atoms with van der Waals surface area (Å²) in [6.45, 7) is 3.69. The van der Waals surface area contributed by atoms with Crippen molar-refractivity contribution in [3.8, 4) is 11.5 Å². The number of methoxy groups -OCH3 is 1. The molecule has 0 spiro atoms. The summed E-state index contributed by atoms with van der Waals surface area (Å²) in [5, 5.41) is 10.6. The Balaban J connectivity index is 2.96. The summed E-state index contributed by atoms with van der Waals surface area (Å²) in [5.74, 6) is -0.0426. The van der Waals surface area contributed by atoms with E-state index in [-0.39, 0.29) is 34.8 Å². The molecule has 1 aromatic carbocycles. The van der Waals surface area contributed by atoms with Gasteiger partial charge in [0, 0.05) is 18.6 Å². The zero-order valence-corrected chi connectivity index (χ0v) is 12.4. The van der Waals surface area contributed by atoms with Crippen LogP contribution in [0.5, 0.6) is 11.5 Å². The predicted molar refractivity (Wildman–Crippen MR) is 79.3 cm³/mol. The Labute approximate surface area is 122 Å². The number of rotatable bonds is 5. The van der Waals surface area contributed by atoms with E-state index in [9.17, 15) is 14.7 Å². The first-order chi connectivity index (χ1) is 10.0. The Morgan fingerprint density at radius 3 is 2.62 bits per heavy atom. The van der Waals surface area contributed by atoms with Crippen LogP contribution in [0.3, 0.4) is 0 Å². The van der Waals surface area contributed by atoms with Crippen LogP contribution < -0.4 is 10.4 Å². The van der Waals surface area contributed by atoms with E-state index < -0.39 is 5.63 Å². The smallest absolute Gasteiger partial charge is 0.336 e. The molecule has 112 valence electrons. The highest BCUT2D eigenvalue weighted by atomic mass is 16.5. The molecule has 1 heterocycles. The molecule has 1 aromatic heterocycles. The topological polar surface area (TPSA) is 76.7 Å². The fourth-order valence-corrected chi connectivity index (χ4v) is 2.45. The number of aromatic hydroxyl groups is 1. The van der Waals surface area contributed by atoms with E-state index in [1.54, 1.807) is 6.92 Å². The number of fused-ring (bicyclic) bond motifs is 1. The number of ether oxygens (including phenoxy) is 1. The molecule has 0 bridgehead atoms. The molecule has 21 heavy (non-hydrogen) atoms. The van der Waals surface area contributed by atoms with Gasteiger partial charge in [-0.1, -0.05) is 20.3 Å². The van der Waals surface area contributed by atoms with Crippen LogP contribution in [0.1, 0.15) is 42.6 Å². The third kappa shape index (κ3) is 2.63. The van der Waals surface area contributed by atoms with Crippen molar-refractivity contribution >= 4 is 16.8 Å². The second-order valence-corrected chi connectivity index (χ2v) is 4.79. The fraction of sp³-hybridized carbons (Fsp3) is 0.375. The van der Waals surface area contributed by atoms with Gasteiger partial charge in [0.1, 0.15) is 17.1 Å². The minimum absolute atomic E-state index is 0.0540. The molecule has 0 atom stereocenters. The maximum atomic E-state index is 12.2. The third-order valence-corrected chi connectivity index (χ3v) is 3.38. The van der Waals surface area contributed by atoms with Gasteiger partial charge in [-0.3, -0.25) is 4.79 Å². The van der Waals surface area contributed by atoms with Gasteiger partial charge in [-0.25, -0.2) is 4.79 Å². The number of phenolic OH excluding ortho intramolecular Hbond substituents is 1. The van der Waals surface area contributed by atoms with Gasteiger partial charge in [0.2, 0.25) is 0 Å². The monoisotopic (exact) mass is 290 g/mol. The zero-order valence-electron chi connectivity index (χ0n) is 12.4. The van der Waals surface area contributed by atoms with Crippen molar-refractivity contribution in [3.05, 3.63) is 33.7 Å². The number of carbonyl (C=O) groups is 1. The molecule has 0 aliphatic heterocycles. The second kappa shape index (κ2) is 5.99. The van der Waals surface area contributed by atoms with Gasteiger partial charge < -0.3 is 14.3 Å². The molecule has 2 rings (SSSR count). The number of aryl methyl sites for hydroxylation is 1. The molecule has 0 aliphatic carbocycles. The number of hydrogen-bond donors (Lipinski definition) is 1. The Morgan fingerprint density at radius 1 is 1.33 bits per heavy atom. The average Bonchev–Trinajstić information content (AvgIpc) is 2.45. The molecule has 0 saturated heterocycles. The van der Waals surface area contributed by atoms with E-state index in [1.807, 2.05) is 6.92 Å². The molecule has 0 unspecified atom stereocenters. The van der Waals surface area contributed by atoms with Crippen LogP contribution in [0, 0.1) is 0 Å². The quantitative estimate of drug-likeness (QED) is 0.676. The van der Waals surface area contributed by atoms with Crippen LogP contribution in [0.4, 0.5) is 0 Å². The minimum Gasteiger partial charge on any atom is -0.507 e. The Kier molecular flexibility index (Phi) is 4.31. The molecular weight excluding hydrogens is 272 g/mol. The van der Waals surface area contributed by atoms with Crippen molar-refractivity contribution in [3.63, 3.8) is 0 Å². The second-order valence-electron chi connectivity index (χ2n) is 4.79. The van der Waals surface area contributed by atoms with E-state index in [4.69, 9.17) is 9.15 Å². The van der Waals surface area contributed by atoms with E-state index in [0.29, 0.717) is 17.4 Å². The normalized spacial score (nSPS) is 10.8. The number of hydrogen-bond acceptors (Lipinski definition) is 5. The lowest BCUT2D eigenvalue weighted by Crippen LogP contribution is -2.07. The van der Waals surface area contributed by atoms with E-state index in [1.165, 1.54) is 19.2 Å². The van der Waals surface area contributed by atoms with Gasteiger partial charge in [-0.05, 0) is 12.0 Å². The first-order valence-corrected chi connectivity index (χ1v) is 6.93. The first kappa shape index (κ1) is 15.1. The lowest BCUT2D eigenvalue weighted by molar-refractivity contribution is 0.0986. The lowest BCUT2D eigenvalue weighted by Gasteiger charge is -2.13. The number of benzene rings is 1. The Morgan fingerprint density at radius 2 is 2.05 bits per heavy atom. The predicted octanol–water partition coefficient (Wildman–Crippen LogP) is 3.05. The highest BCUT2D eigenvalue weighted by Crippen LogP contribution is 2.37. The standard InChI is InChI=1S/C16H18O5/c1-4-6-9-7-13(19)21-16-14(9)11(18)8-12(20-3)15(16)10(17)5-2/h7-8,18H,4-6H2,1-3H3. The molecule has 0 saturated carbocycles. The van der Waals surface area contributed by atoms with Crippen molar-refractivity contribution < 1.29 is 19.1 Å². The van der Waals surface area contributed by atoms with Crippen molar-refractivity contribution in [2.45, 2.75) is 33.1 Å². The highest BCUT2D eigenvalue weighted by Gasteiger charge is 2.22. The molecule has 0 radical (unpaired) electrons. The third-order valence-electron chi connectivity index (χ3n) is 3.38. The van der Waals surface area contributed by atoms with Crippen molar-refractivity contribution in [1.29, 1.82) is 0 Å². The maximum Gasteiger partial charge on any atom is 0.336 e. The van der Waals surface area contributed by atoms with Crippen LogP contribution >= 0.6 is 0 Å². The van der Waals surface area contributed by atoms with Crippen LogP contribution in [0.2, 0.25) is 0 Å².